The maximum absolute atomic E-state index is 13.9. The average Bonchev–Trinajstić information content (AvgIpc) is 3.55. The van der Waals surface area contributed by atoms with Gasteiger partial charge in [0.2, 0.25) is 0 Å². The molecule has 13 heteroatoms. The van der Waals surface area contributed by atoms with Gasteiger partial charge >= 0.3 is 5.97 Å². The van der Waals surface area contributed by atoms with Crippen LogP contribution < -0.4 is 24.4 Å². The normalized spacial score (nSPS) is 14.8. The molecular formula is C29H24ClN3O8S. The Labute approximate surface area is 247 Å². The van der Waals surface area contributed by atoms with Gasteiger partial charge in [-0.05, 0) is 56.3 Å². The predicted molar refractivity (Wildman–Crippen MR) is 156 cm³/mol. The standard InChI is InChI=1S/C29H24ClN3O8S/c1-5-40-28(35)25-15(2)31-29-32(26(25)20-13-17(38-3)7-10-22(20)39-4)27(34)24(42-29)14-18-8-11-23(41-18)19-9-6-16(30)12-21(19)33(36)37/h6-14,26H,5H2,1-4H3. The number of hydrogen-bond donors (Lipinski definition) is 0. The van der Waals surface area contributed by atoms with E-state index in [4.69, 9.17) is 30.2 Å². The Hall–Kier alpha value is -4.68. The molecule has 1 atom stereocenters. The molecule has 0 fully saturated rings. The van der Waals surface area contributed by atoms with Gasteiger partial charge in [0.15, 0.2) is 4.80 Å². The van der Waals surface area contributed by atoms with Crippen LogP contribution in [0.25, 0.3) is 17.4 Å². The molecule has 0 spiro atoms. The van der Waals surface area contributed by atoms with Gasteiger partial charge in [-0.1, -0.05) is 22.9 Å². The van der Waals surface area contributed by atoms with Crippen molar-refractivity contribution in [1.29, 1.82) is 0 Å². The van der Waals surface area contributed by atoms with Crippen LogP contribution >= 0.6 is 22.9 Å². The first-order valence-corrected chi connectivity index (χ1v) is 13.8. The minimum Gasteiger partial charge on any atom is -0.497 e. The molecule has 4 aromatic rings. The number of carbonyl (C=O) groups excluding carboxylic acids is 1. The zero-order valence-corrected chi connectivity index (χ0v) is 24.4. The largest absolute Gasteiger partial charge is 0.497 e. The van der Waals surface area contributed by atoms with Crippen LogP contribution in [0.4, 0.5) is 5.69 Å². The Morgan fingerprint density at radius 1 is 1.19 bits per heavy atom. The van der Waals surface area contributed by atoms with E-state index in [1.807, 2.05) is 0 Å². The monoisotopic (exact) mass is 609 g/mol. The molecule has 0 bridgehead atoms. The Balaban J connectivity index is 1.68. The van der Waals surface area contributed by atoms with Gasteiger partial charge in [-0.15, -0.1) is 0 Å². The third-order valence-electron chi connectivity index (χ3n) is 6.57. The van der Waals surface area contributed by atoms with Gasteiger partial charge in [0.05, 0.1) is 47.1 Å². The summed E-state index contributed by atoms with van der Waals surface area (Å²) >= 11 is 7.05. The zero-order valence-electron chi connectivity index (χ0n) is 22.9. The van der Waals surface area contributed by atoms with Crippen molar-refractivity contribution in [3.8, 4) is 22.8 Å². The summed E-state index contributed by atoms with van der Waals surface area (Å²) < 4.78 is 23.9. The molecule has 0 saturated carbocycles. The molecule has 2 aromatic carbocycles. The number of furan rings is 1. The lowest BCUT2D eigenvalue weighted by atomic mass is 9.95. The molecule has 0 aliphatic carbocycles. The number of aromatic nitrogens is 1. The molecule has 1 aliphatic rings. The summed E-state index contributed by atoms with van der Waals surface area (Å²) in [5.74, 6) is 0.855. The van der Waals surface area contributed by atoms with E-state index in [0.717, 1.165) is 11.3 Å². The Bertz CT molecular complexity index is 1940. The topological polar surface area (TPSA) is 135 Å². The highest BCUT2D eigenvalue weighted by atomic mass is 35.5. The number of allylic oxidation sites excluding steroid dienone is 1. The lowest BCUT2D eigenvalue weighted by Crippen LogP contribution is -2.40. The minimum absolute atomic E-state index is 0.134. The number of carbonyl (C=O) groups is 1. The zero-order chi connectivity index (χ0) is 30.1. The van der Waals surface area contributed by atoms with E-state index in [1.165, 1.54) is 43.1 Å². The van der Waals surface area contributed by atoms with Gasteiger partial charge < -0.3 is 18.6 Å². The second-order valence-electron chi connectivity index (χ2n) is 9.03. The van der Waals surface area contributed by atoms with Crippen LogP contribution in [0.3, 0.4) is 0 Å². The molecule has 216 valence electrons. The Morgan fingerprint density at radius 2 is 1.98 bits per heavy atom. The fourth-order valence-electron chi connectivity index (χ4n) is 4.71. The summed E-state index contributed by atoms with van der Waals surface area (Å²) in [4.78, 5) is 43.1. The number of fused-ring (bicyclic) bond motifs is 1. The molecule has 0 N–H and O–H groups in total. The fourth-order valence-corrected chi connectivity index (χ4v) is 5.90. The number of rotatable bonds is 8. The molecule has 3 heterocycles. The third-order valence-corrected chi connectivity index (χ3v) is 7.79. The number of hydrogen-bond acceptors (Lipinski definition) is 10. The summed E-state index contributed by atoms with van der Waals surface area (Å²) in [6, 6.07) is 11.6. The van der Waals surface area contributed by atoms with Gasteiger partial charge in [-0.3, -0.25) is 19.5 Å². The molecule has 42 heavy (non-hydrogen) atoms. The maximum Gasteiger partial charge on any atom is 0.338 e. The van der Waals surface area contributed by atoms with E-state index in [-0.39, 0.29) is 44.5 Å². The van der Waals surface area contributed by atoms with Crippen molar-refractivity contribution in [2.45, 2.75) is 19.9 Å². The van der Waals surface area contributed by atoms with Crippen LogP contribution in [-0.4, -0.2) is 36.3 Å². The second-order valence-corrected chi connectivity index (χ2v) is 10.5. The molecule has 2 aromatic heterocycles. The predicted octanol–water partition coefficient (Wildman–Crippen LogP) is 4.64. The molecule has 0 radical (unpaired) electrons. The smallest absolute Gasteiger partial charge is 0.338 e. The first-order chi connectivity index (χ1) is 20.2. The average molecular weight is 610 g/mol. The lowest BCUT2D eigenvalue weighted by Gasteiger charge is -2.26. The summed E-state index contributed by atoms with van der Waals surface area (Å²) in [7, 11) is 3.01. The third kappa shape index (κ3) is 5.21. The molecule has 5 rings (SSSR count). The summed E-state index contributed by atoms with van der Waals surface area (Å²) in [6.07, 6.45) is 1.53. The van der Waals surface area contributed by atoms with Crippen molar-refractivity contribution < 1.29 is 28.3 Å². The van der Waals surface area contributed by atoms with E-state index in [2.05, 4.69) is 4.99 Å². The van der Waals surface area contributed by atoms with Gasteiger partial charge in [-0.25, -0.2) is 9.79 Å². The summed E-state index contributed by atoms with van der Waals surface area (Å²) in [5, 5.41) is 11.8. The molecule has 0 amide bonds. The van der Waals surface area contributed by atoms with E-state index in [1.54, 1.807) is 44.2 Å². The van der Waals surface area contributed by atoms with Gasteiger partial charge in [0.1, 0.15) is 29.1 Å². The molecule has 0 saturated heterocycles. The first kappa shape index (κ1) is 28.8. The van der Waals surface area contributed by atoms with Crippen LogP contribution in [0.1, 0.15) is 31.2 Å². The van der Waals surface area contributed by atoms with Crippen molar-refractivity contribution in [2.24, 2.45) is 4.99 Å². The number of thiazole rings is 1. The number of ether oxygens (including phenoxy) is 3. The van der Waals surface area contributed by atoms with Crippen molar-refractivity contribution in [3.05, 3.63) is 106 Å². The molecule has 1 aliphatic heterocycles. The van der Waals surface area contributed by atoms with Crippen LogP contribution in [0.15, 0.2) is 74.0 Å². The molecular weight excluding hydrogens is 586 g/mol. The second kappa shape index (κ2) is 11.7. The van der Waals surface area contributed by atoms with Crippen LogP contribution in [0, 0.1) is 10.1 Å². The van der Waals surface area contributed by atoms with Gasteiger partial charge in [-0.2, -0.15) is 0 Å². The Morgan fingerprint density at radius 3 is 2.67 bits per heavy atom. The summed E-state index contributed by atoms with van der Waals surface area (Å²) in [5.41, 5.74) is 0.696. The van der Waals surface area contributed by atoms with Crippen LogP contribution in [0.5, 0.6) is 11.5 Å². The summed E-state index contributed by atoms with van der Waals surface area (Å²) in [6.45, 7) is 3.51. The number of methoxy groups -OCH3 is 2. The number of nitro groups is 1. The van der Waals surface area contributed by atoms with Crippen molar-refractivity contribution in [1.82, 2.24) is 4.57 Å². The van der Waals surface area contributed by atoms with E-state index >= 15 is 0 Å². The molecule has 1 unspecified atom stereocenters. The number of nitro benzene ring substituents is 1. The van der Waals surface area contributed by atoms with E-state index in [0.29, 0.717) is 27.6 Å². The van der Waals surface area contributed by atoms with Gasteiger partial charge in [0.25, 0.3) is 11.2 Å². The lowest BCUT2D eigenvalue weighted by molar-refractivity contribution is -0.384. The highest BCUT2D eigenvalue weighted by Gasteiger charge is 2.35. The number of halogens is 1. The fraction of sp³-hybridized carbons (Fsp3) is 0.207. The highest BCUT2D eigenvalue weighted by molar-refractivity contribution is 7.07. The number of esters is 1. The van der Waals surface area contributed by atoms with Gasteiger partial charge in [0, 0.05) is 22.7 Å². The van der Waals surface area contributed by atoms with Crippen molar-refractivity contribution in [3.63, 3.8) is 0 Å². The quantitative estimate of drug-likeness (QED) is 0.160. The highest BCUT2D eigenvalue weighted by Crippen LogP contribution is 2.38. The van der Waals surface area contributed by atoms with Crippen LogP contribution in [0.2, 0.25) is 5.02 Å². The van der Waals surface area contributed by atoms with E-state index < -0.39 is 22.5 Å². The first-order valence-electron chi connectivity index (χ1n) is 12.6. The maximum atomic E-state index is 13.9. The number of nitrogens with zero attached hydrogens (tertiary/aromatic N) is 3. The molecule has 11 nitrogen and oxygen atoms in total. The number of benzene rings is 2. The SMILES string of the molecule is CCOC(=O)C1=C(C)N=c2sc(=Cc3ccc(-c4ccc(Cl)cc4[N+](=O)[O-])o3)c(=O)n2C1c1cc(OC)ccc1OC. The van der Waals surface area contributed by atoms with E-state index in [9.17, 15) is 19.7 Å². The minimum atomic E-state index is -0.920. The van der Waals surface area contributed by atoms with Crippen LogP contribution in [-0.2, 0) is 9.53 Å². The van der Waals surface area contributed by atoms with Crippen molar-refractivity contribution >= 4 is 40.7 Å². The van der Waals surface area contributed by atoms with Crippen molar-refractivity contribution in [2.75, 3.05) is 20.8 Å². The Kier molecular flexibility index (Phi) is 8.01.